The molecule has 1 heterocycles. The normalized spacial score (nSPS) is 11.4. The third-order valence-corrected chi connectivity index (χ3v) is 4.18. The van der Waals surface area contributed by atoms with Gasteiger partial charge in [-0.2, -0.15) is 0 Å². The van der Waals surface area contributed by atoms with E-state index >= 15 is 0 Å². The first-order valence-electron chi connectivity index (χ1n) is 4.92. The highest BCUT2D eigenvalue weighted by Gasteiger charge is 2.09. The molecule has 94 valence electrons. The van der Waals surface area contributed by atoms with E-state index in [4.69, 9.17) is 11.1 Å². The average molecular weight is 273 g/mol. The number of rotatable bonds is 5. The van der Waals surface area contributed by atoms with Crippen molar-refractivity contribution in [1.29, 1.82) is 5.41 Å². The second kappa shape index (κ2) is 5.50. The molecule has 0 aliphatic carbocycles. The molecule has 3 N–H and O–H groups in total. The van der Waals surface area contributed by atoms with Gasteiger partial charge < -0.3 is 5.73 Å². The number of pyridine rings is 1. The lowest BCUT2D eigenvalue weighted by Crippen LogP contribution is -2.14. The van der Waals surface area contributed by atoms with E-state index < -0.39 is 9.84 Å². The van der Waals surface area contributed by atoms with Crippen LogP contribution in [0, 0.1) is 12.3 Å². The van der Waals surface area contributed by atoms with E-state index in [2.05, 4.69) is 4.98 Å². The van der Waals surface area contributed by atoms with Crippen LogP contribution in [0.3, 0.4) is 0 Å². The maximum Gasteiger partial charge on any atom is 0.148 e. The van der Waals surface area contributed by atoms with E-state index in [-0.39, 0.29) is 11.6 Å². The van der Waals surface area contributed by atoms with Gasteiger partial charge in [0, 0.05) is 23.3 Å². The second-order valence-electron chi connectivity index (χ2n) is 3.70. The summed E-state index contributed by atoms with van der Waals surface area (Å²) in [6.07, 6.45) is 1.20. The molecule has 0 aliphatic heterocycles. The van der Waals surface area contributed by atoms with Gasteiger partial charge in [-0.3, -0.25) is 5.41 Å². The van der Waals surface area contributed by atoms with Crippen molar-refractivity contribution >= 4 is 27.4 Å². The summed E-state index contributed by atoms with van der Waals surface area (Å²) in [7, 11) is -2.97. The minimum Gasteiger partial charge on any atom is -0.384 e. The smallest absolute Gasteiger partial charge is 0.148 e. The highest BCUT2D eigenvalue weighted by Crippen LogP contribution is 2.20. The summed E-state index contributed by atoms with van der Waals surface area (Å²) < 4.78 is 22.0. The van der Waals surface area contributed by atoms with Gasteiger partial charge in [0.1, 0.15) is 20.7 Å². The summed E-state index contributed by atoms with van der Waals surface area (Å²) in [6, 6.07) is 3.50. The SMILES string of the molecule is Cc1ccc(C(=N)N)c(SCCS(C)(=O)=O)n1. The fraction of sp³-hybridized carbons (Fsp3) is 0.400. The van der Waals surface area contributed by atoms with E-state index in [9.17, 15) is 8.42 Å². The molecule has 17 heavy (non-hydrogen) atoms. The standard InChI is InChI=1S/C10H15N3O2S2/c1-7-3-4-8(9(11)12)10(13-7)16-5-6-17(2,14)15/h3-4H,5-6H2,1-2H3,(H3,11,12). The number of sulfone groups is 1. The maximum atomic E-state index is 11.0. The van der Waals surface area contributed by atoms with Crippen LogP contribution in [0.1, 0.15) is 11.3 Å². The van der Waals surface area contributed by atoms with Crippen LogP contribution in [-0.2, 0) is 9.84 Å². The monoisotopic (exact) mass is 273 g/mol. The van der Waals surface area contributed by atoms with E-state index in [1.807, 2.05) is 6.92 Å². The molecule has 0 fully saturated rings. The number of aryl methyl sites for hydroxylation is 1. The Balaban J connectivity index is 2.82. The summed E-state index contributed by atoms with van der Waals surface area (Å²) >= 11 is 1.31. The first kappa shape index (κ1) is 14.0. The molecule has 0 bridgehead atoms. The van der Waals surface area contributed by atoms with E-state index in [1.54, 1.807) is 12.1 Å². The van der Waals surface area contributed by atoms with E-state index in [0.717, 1.165) is 5.69 Å². The number of hydrogen-bond acceptors (Lipinski definition) is 5. The molecule has 0 aromatic carbocycles. The van der Waals surface area contributed by atoms with Crippen molar-refractivity contribution in [2.45, 2.75) is 11.9 Å². The zero-order chi connectivity index (χ0) is 13.1. The van der Waals surface area contributed by atoms with Crippen molar-refractivity contribution in [2.24, 2.45) is 5.73 Å². The zero-order valence-corrected chi connectivity index (χ0v) is 11.4. The maximum absolute atomic E-state index is 11.0. The first-order chi connectivity index (χ1) is 7.79. The third kappa shape index (κ3) is 4.74. The van der Waals surface area contributed by atoms with Gasteiger partial charge >= 0.3 is 0 Å². The molecule has 0 atom stereocenters. The zero-order valence-electron chi connectivity index (χ0n) is 9.73. The van der Waals surface area contributed by atoms with Crippen molar-refractivity contribution in [1.82, 2.24) is 4.98 Å². The Labute approximate surface area is 105 Å². The number of hydrogen-bond donors (Lipinski definition) is 2. The van der Waals surface area contributed by atoms with Crippen LogP contribution in [0.15, 0.2) is 17.2 Å². The lowest BCUT2D eigenvalue weighted by atomic mass is 10.2. The number of amidine groups is 1. The van der Waals surface area contributed by atoms with E-state index in [1.165, 1.54) is 18.0 Å². The molecule has 0 spiro atoms. The molecule has 0 amide bonds. The van der Waals surface area contributed by atoms with Gasteiger partial charge in [-0.05, 0) is 19.1 Å². The molecule has 7 heteroatoms. The van der Waals surface area contributed by atoms with Crippen LogP contribution >= 0.6 is 11.8 Å². The Bertz CT molecular complexity index is 526. The molecule has 5 nitrogen and oxygen atoms in total. The lowest BCUT2D eigenvalue weighted by Gasteiger charge is -2.07. The van der Waals surface area contributed by atoms with Crippen LogP contribution in [0.5, 0.6) is 0 Å². The van der Waals surface area contributed by atoms with Crippen molar-refractivity contribution in [3.63, 3.8) is 0 Å². The second-order valence-corrected chi connectivity index (χ2v) is 7.04. The highest BCUT2D eigenvalue weighted by molar-refractivity contribution is 8.00. The predicted octanol–water partition coefficient (Wildman–Crippen LogP) is 0.811. The average Bonchev–Trinajstić information content (AvgIpc) is 2.15. The lowest BCUT2D eigenvalue weighted by molar-refractivity contribution is 0.603. The van der Waals surface area contributed by atoms with Gasteiger partial charge in [0.2, 0.25) is 0 Å². The molecule has 0 saturated heterocycles. The molecule has 1 rings (SSSR count). The predicted molar refractivity (Wildman–Crippen MR) is 70.4 cm³/mol. The molecule has 0 radical (unpaired) electrons. The van der Waals surface area contributed by atoms with Crippen molar-refractivity contribution in [3.05, 3.63) is 23.4 Å². The van der Waals surface area contributed by atoms with Crippen LogP contribution in [-0.4, -0.2) is 37.0 Å². The molecule has 0 unspecified atom stereocenters. The number of thioether (sulfide) groups is 1. The van der Waals surface area contributed by atoms with Crippen LogP contribution in [0.25, 0.3) is 0 Å². The van der Waals surface area contributed by atoms with Gasteiger partial charge in [0.25, 0.3) is 0 Å². The molecule has 1 aromatic rings. The molecule has 0 saturated carbocycles. The van der Waals surface area contributed by atoms with Gasteiger partial charge in [0.05, 0.1) is 5.75 Å². The summed E-state index contributed by atoms with van der Waals surface area (Å²) in [4.78, 5) is 4.26. The molecular weight excluding hydrogens is 258 g/mol. The number of nitrogens with two attached hydrogens (primary N) is 1. The summed E-state index contributed by atoms with van der Waals surface area (Å²) in [5.74, 6) is 0.444. The minimum absolute atomic E-state index is 0.0562. The summed E-state index contributed by atoms with van der Waals surface area (Å²) in [6.45, 7) is 1.84. The molecule has 1 aromatic heterocycles. The van der Waals surface area contributed by atoms with Crippen LogP contribution in [0.2, 0.25) is 0 Å². The fourth-order valence-electron chi connectivity index (χ4n) is 1.14. The Hall–Kier alpha value is -1.08. The Morgan fingerprint density at radius 3 is 2.71 bits per heavy atom. The highest BCUT2D eigenvalue weighted by atomic mass is 32.2. The molecule has 0 aliphatic rings. The van der Waals surface area contributed by atoms with Crippen molar-refractivity contribution in [2.75, 3.05) is 17.8 Å². The van der Waals surface area contributed by atoms with Gasteiger partial charge in [-0.15, -0.1) is 11.8 Å². The van der Waals surface area contributed by atoms with Crippen molar-refractivity contribution < 1.29 is 8.42 Å². The van der Waals surface area contributed by atoms with Gasteiger partial charge in [0.15, 0.2) is 0 Å². The number of aromatic nitrogens is 1. The number of nitrogens with one attached hydrogen (secondary N) is 1. The topological polar surface area (TPSA) is 96.9 Å². The minimum atomic E-state index is -2.97. The molecular formula is C10H15N3O2S2. The number of nitrogen functional groups attached to an aromatic ring is 1. The largest absolute Gasteiger partial charge is 0.384 e. The van der Waals surface area contributed by atoms with E-state index in [0.29, 0.717) is 16.3 Å². The fourth-order valence-corrected chi connectivity index (χ4v) is 3.42. The number of nitrogens with zero attached hydrogens (tertiary/aromatic N) is 1. The Morgan fingerprint density at radius 2 is 2.18 bits per heavy atom. The van der Waals surface area contributed by atoms with Crippen LogP contribution in [0.4, 0.5) is 0 Å². The summed E-state index contributed by atoms with van der Waals surface area (Å²) in [5.41, 5.74) is 6.80. The Kier molecular flexibility index (Phi) is 4.53. The summed E-state index contributed by atoms with van der Waals surface area (Å²) in [5, 5.41) is 8.02. The first-order valence-corrected chi connectivity index (χ1v) is 7.97. The van der Waals surface area contributed by atoms with Gasteiger partial charge in [-0.1, -0.05) is 0 Å². The Morgan fingerprint density at radius 1 is 1.53 bits per heavy atom. The van der Waals surface area contributed by atoms with Gasteiger partial charge in [-0.25, -0.2) is 13.4 Å². The third-order valence-electron chi connectivity index (χ3n) is 1.98. The van der Waals surface area contributed by atoms with Crippen molar-refractivity contribution in [3.8, 4) is 0 Å². The quantitative estimate of drug-likeness (QED) is 0.470. The van der Waals surface area contributed by atoms with Crippen LogP contribution < -0.4 is 5.73 Å².